The van der Waals surface area contributed by atoms with Gasteiger partial charge in [0, 0.05) is 23.4 Å². The second kappa shape index (κ2) is 6.57. The van der Waals surface area contributed by atoms with E-state index in [1.807, 2.05) is 18.7 Å². The number of benzene rings is 1. The van der Waals surface area contributed by atoms with Crippen molar-refractivity contribution >= 4 is 23.1 Å². The third-order valence-electron chi connectivity index (χ3n) is 3.95. The fourth-order valence-electron chi connectivity index (χ4n) is 2.72. The average Bonchev–Trinajstić information content (AvgIpc) is 2.90. The van der Waals surface area contributed by atoms with Crippen molar-refractivity contribution in [1.29, 1.82) is 0 Å². The molecule has 0 bridgehead atoms. The van der Waals surface area contributed by atoms with Crippen molar-refractivity contribution in [2.45, 2.75) is 37.4 Å². The summed E-state index contributed by atoms with van der Waals surface area (Å²) in [6.45, 7) is 3.13. The lowest BCUT2D eigenvalue weighted by atomic mass is 10.1. The highest BCUT2D eigenvalue weighted by atomic mass is 32.2. The minimum absolute atomic E-state index is 0.258. The van der Waals surface area contributed by atoms with Crippen LogP contribution in [0.25, 0.3) is 0 Å². The number of hydrogen-bond donors (Lipinski definition) is 2. The first-order chi connectivity index (χ1) is 9.60. The van der Waals surface area contributed by atoms with Gasteiger partial charge in [0.15, 0.2) is 11.6 Å². The van der Waals surface area contributed by atoms with Crippen molar-refractivity contribution in [3.63, 3.8) is 0 Å². The van der Waals surface area contributed by atoms with Crippen LogP contribution in [0.15, 0.2) is 12.1 Å². The van der Waals surface area contributed by atoms with Crippen molar-refractivity contribution in [2.75, 3.05) is 30.5 Å². The van der Waals surface area contributed by atoms with Crippen LogP contribution >= 0.6 is 11.8 Å². The first-order valence-corrected chi connectivity index (χ1v) is 8.33. The number of nitrogens with one attached hydrogen (secondary N) is 1. The Morgan fingerprint density at radius 2 is 2.10 bits per heavy atom. The highest BCUT2D eigenvalue weighted by Gasteiger charge is 2.32. The van der Waals surface area contributed by atoms with Gasteiger partial charge >= 0.3 is 0 Å². The van der Waals surface area contributed by atoms with Gasteiger partial charge in [-0.2, -0.15) is 11.8 Å². The molecule has 1 aliphatic rings. The predicted molar refractivity (Wildman–Crippen MR) is 85.2 cm³/mol. The molecule has 0 heterocycles. The molecule has 0 aromatic heterocycles. The van der Waals surface area contributed by atoms with Gasteiger partial charge in [0.1, 0.15) is 0 Å². The van der Waals surface area contributed by atoms with Crippen molar-refractivity contribution in [3.05, 3.63) is 17.9 Å². The van der Waals surface area contributed by atoms with Crippen LogP contribution in [0.4, 0.5) is 15.8 Å². The number of halogens is 1. The number of nitrogen functional groups attached to an aromatic ring is 1. The highest BCUT2D eigenvalue weighted by molar-refractivity contribution is 8.00. The Bertz CT molecular complexity index is 461. The fourth-order valence-corrected chi connectivity index (χ4v) is 3.63. The molecule has 0 amide bonds. The molecule has 1 saturated carbocycles. The van der Waals surface area contributed by atoms with Crippen LogP contribution in [0.2, 0.25) is 0 Å². The molecule has 112 valence electrons. The lowest BCUT2D eigenvalue weighted by molar-refractivity contribution is 0.322. The molecule has 0 aliphatic heterocycles. The number of thioether (sulfide) groups is 1. The van der Waals surface area contributed by atoms with Gasteiger partial charge in [-0.15, -0.1) is 0 Å². The van der Waals surface area contributed by atoms with E-state index in [1.54, 1.807) is 6.07 Å². The van der Waals surface area contributed by atoms with Crippen LogP contribution in [0.1, 0.15) is 32.6 Å². The first-order valence-electron chi connectivity index (χ1n) is 7.11. The summed E-state index contributed by atoms with van der Waals surface area (Å²) < 4.78 is 19.2. The summed E-state index contributed by atoms with van der Waals surface area (Å²) in [6.07, 6.45) is 7.17. The van der Waals surface area contributed by atoms with E-state index < -0.39 is 5.82 Å². The molecule has 5 heteroatoms. The molecule has 2 rings (SSSR count). The van der Waals surface area contributed by atoms with Crippen LogP contribution in [0.5, 0.6) is 5.75 Å². The second-order valence-corrected chi connectivity index (χ2v) is 6.52. The van der Waals surface area contributed by atoms with Crippen LogP contribution in [-0.4, -0.2) is 24.2 Å². The zero-order valence-electron chi connectivity index (χ0n) is 12.2. The number of rotatable bonds is 6. The number of anilines is 2. The second-order valence-electron chi connectivity index (χ2n) is 5.25. The lowest BCUT2D eigenvalue weighted by Gasteiger charge is -2.28. The molecule has 0 spiro atoms. The summed E-state index contributed by atoms with van der Waals surface area (Å²) in [7, 11) is 0. The number of nitrogens with two attached hydrogens (primary N) is 1. The van der Waals surface area contributed by atoms with Crippen LogP contribution in [0, 0.1) is 5.82 Å². The summed E-state index contributed by atoms with van der Waals surface area (Å²) >= 11 is 1.91. The van der Waals surface area contributed by atoms with Crippen molar-refractivity contribution < 1.29 is 9.13 Å². The smallest absolute Gasteiger partial charge is 0.167 e. The van der Waals surface area contributed by atoms with Gasteiger partial charge in [0.25, 0.3) is 0 Å². The highest BCUT2D eigenvalue weighted by Crippen LogP contribution is 2.40. The van der Waals surface area contributed by atoms with E-state index in [9.17, 15) is 4.39 Å². The van der Waals surface area contributed by atoms with Crippen LogP contribution in [-0.2, 0) is 0 Å². The summed E-state index contributed by atoms with van der Waals surface area (Å²) in [5, 5.41) is 3.38. The maximum Gasteiger partial charge on any atom is 0.167 e. The molecular formula is C15H23FN2OS. The van der Waals surface area contributed by atoms with E-state index in [0.29, 0.717) is 12.3 Å². The van der Waals surface area contributed by atoms with Crippen LogP contribution in [0.3, 0.4) is 0 Å². The first kappa shape index (κ1) is 15.3. The molecule has 3 nitrogen and oxygen atoms in total. The van der Waals surface area contributed by atoms with Gasteiger partial charge in [-0.05, 0) is 26.0 Å². The van der Waals surface area contributed by atoms with E-state index in [0.717, 1.165) is 12.2 Å². The standard InChI is InChI=1S/C15H23FN2OS/c1-3-19-14-9-13(12(17)8-11(14)16)18-10-15(20-2)6-4-5-7-15/h8-9,18H,3-7,10,17H2,1-2H3. The topological polar surface area (TPSA) is 47.3 Å². The Labute approximate surface area is 124 Å². The van der Waals surface area contributed by atoms with Crippen molar-refractivity contribution in [3.8, 4) is 5.75 Å². The summed E-state index contributed by atoms with van der Waals surface area (Å²) in [5.41, 5.74) is 7.08. The Hall–Kier alpha value is -1.10. The molecule has 3 N–H and O–H groups in total. The van der Waals surface area contributed by atoms with Gasteiger partial charge < -0.3 is 15.8 Å². The van der Waals surface area contributed by atoms with E-state index >= 15 is 0 Å². The largest absolute Gasteiger partial charge is 0.491 e. The summed E-state index contributed by atoms with van der Waals surface area (Å²) in [4.78, 5) is 0. The van der Waals surface area contributed by atoms with E-state index in [-0.39, 0.29) is 10.5 Å². The SMILES string of the molecule is CCOc1cc(NCC2(SC)CCCC2)c(N)cc1F. The van der Waals surface area contributed by atoms with E-state index in [1.165, 1.54) is 31.7 Å². The average molecular weight is 298 g/mol. The Morgan fingerprint density at radius 1 is 1.40 bits per heavy atom. The normalized spacial score (nSPS) is 17.1. The summed E-state index contributed by atoms with van der Waals surface area (Å²) in [6, 6.07) is 2.99. The third kappa shape index (κ3) is 3.32. The Morgan fingerprint density at radius 3 is 2.70 bits per heavy atom. The maximum absolute atomic E-state index is 13.7. The molecule has 20 heavy (non-hydrogen) atoms. The minimum atomic E-state index is -0.407. The quantitative estimate of drug-likeness (QED) is 0.782. The van der Waals surface area contributed by atoms with Gasteiger partial charge in [-0.25, -0.2) is 4.39 Å². The zero-order valence-corrected chi connectivity index (χ0v) is 13.0. The zero-order chi connectivity index (χ0) is 14.6. The van der Waals surface area contributed by atoms with Crippen LogP contribution < -0.4 is 15.8 Å². The molecule has 1 aliphatic carbocycles. The number of ether oxygens (including phenoxy) is 1. The molecule has 0 saturated heterocycles. The molecule has 1 fully saturated rings. The summed E-state index contributed by atoms with van der Waals surface area (Å²) in [5.74, 6) is -0.149. The van der Waals surface area contributed by atoms with Crippen molar-refractivity contribution in [1.82, 2.24) is 0 Å². The lowest BCUT2D eigenvalue weighted by Crippen LogP contribution is -2.30. The Balaban J connectivity index is 2.10. The van der Waals surface area contributed by atoms with E-state index in [2.05, 4.69) is 11.6 Å². The van der Waals surface area contributed by atoms with Gasteiger partial charge in [-0.1, -0.05) is 12.8 Å². The predicted octanol–water partition coefficient (Wildman–Crippen LogP) is 3.89. The van der Waals surface area contributed by atoms with Gasteiger partial charge in [-0.3, -0.25) is 0 Å². The maximum atomic E-state index is 13.7. The Kier molecular flexibility index (Phi) is 5.02. The molecule has 0 radical (unpaired) electrons. The number of hydrogen-bond acceptors (Lipinski definition) is 4. The van der Waals surface area contributed by atoms with E-state index in [4.69, 9.17) is 10.5 Å². The molecule has 0 atom stereocenters. The molecule has 1 aromatic rings. The van der Waals surface area contributed by atoms with Gasteiger partial charge in [0.2, 0.25) is 0 Å². The third-order valence-corrected chi connectivity index (χ3v) is 5.37. The molecule has 1 aromatic carbocycles. The molecule has 0 unspecified atom stereocenters. The van der Waals surface area contributed by atoms with Crippen molar-refractivity contribution in [2.24, 2.45) is 0 Å². The minimum Gasteiger partial charge on any atom is -0.491 e. The monoisotopic (exact) mass is 298 g/mol. The fraction of sp³-hybridized carbons (Fsp3) is 0.600. The molecular weight excluding hydrogens is 275 g/mol. The van der Waals surface area contributed by atoms with Gasteiger partial charge in [0.05, 0.1) is 18.0 Å².